The van der Waals surface area contributed by atoms with Gasteiger partial charge < -0.3 is 0 Å². The van der Waals surface area contributed by atoms with E-state index in [4.69, 9.17) is 0 Å². The highest BCUT2D eigenvalue weighted by molar-refractivity contribution is 5.97. The molecule has 104 valence electrons. The number of carbonyl (C=O) groups is 1. The quantitative estimate of drug-likeness (QED) is 0.935. The van der Waals surface area contributed by atoms with Crippen molar-refractivity contribution in [1.82, 2.24) is 9.97 Å². The van der Waals surface area contributed by atoms with Crippen LogP contribution in [0.2, 0.25) is 0 Å². The Kier molecular flexibility index (Phi) is 3.79. The third-order valence-corrected chi connectivity index (χ3v) is 3.13. The number of benzene rings is 1. The van der Waals surface area contributed by atoms with Gasteiger partial charge in [-0.1, -0.05) is 12.1 Å². The highest BCUT2D eigenvalue weighted by Gasteiger charge is 2.30. The van der Waals surface area contributed by atoms with Crippen LogP contribution in [0.1, 0.15) is 25.1 Å². The molecule has 2 aromatic rings. The van der Waals surface area contributed by atoms with Crippen LogP contribution < -0.4 is 5.32 Å². The zero-order valence-electron chi connectivity index (χ0n) is 11.6. The topological polar surface area (TPSA) is 54.9 Å². The third kappa shape index (κ3) is 2.99. The fourth-order valence-electron chi connectivity index (χ4n) is 1.78. The van der Waals surface area contributed by atoms with Gasteiger partial charge in [0.2, 0.25) is 11.9 Å². The number of aromatic nitrogens is 2. The summed E-state index contributed by atoms with van der Waals surface area (Å²) in [5.41, 5.74) is 0.483. The monoisotopic (exact) mass is 273 g/mol. The summed E-state index contributed by atoms with van der Waals surface area (Å²) >= 11 is 0. The number of hydrogen-bond acceptors (Lipinski definition) is 3. The summed E-state index contributed by atoms with van der Waals surface area (Å²) in [5.74, 6) is -0.400. The Labute approximate surface area is 117 Å². The summed E-state index contributed by atoms with van der Waals surface area (Å²) in [4.78, 5) is 20.5. The Morgan fingerprint density at radius 3 is 2.70 bits per heavy atom. The van der Waals surface area contributed by atoms with Gasteiger partial charge in [0.05, 0.1) is 5.41 Å². The molecule has 20 heavy (non-hydrogen) atoms. The van der Waals surface area contributed by atoms with Crippen molar-refractivity contribution in [2.45, 2.75) is 26.2 Å². The molecule has 1 aromatic carbocycles. The molecular formula is C15H16FN3O. The van der Waals surface area contributed by atoms with E-state index < -0.39 is 5.41 Å². The normalized spacial score (nSPS) is 11.2. The van der Waals surface area contributed by atoms with Gasteiger partial charge in [0.1, 0.15) is 5.82 Å². The maximum absolute atomic E-state index is 13.3. The minimum atomic E-state index is -0.880. The number of halogens is 1. The molecule has 5 heteroatoms. The minimum absolute atomic E-state index is 0.250. The molecule has 1 heterocycles. The lowest BCUT2D eigenvalue weighted by Crippen LogP contribution is -2.35. The second kappa shape index (κ2) is 5.36. The van der Waals surface area contributed by atoms with Crippen LogP contribution in [-0.4, -0.2) is 15.9 Å². The molecule has 0 radical (unpaired) electrons. The first-order valence-corrected chi connectivity index (χ1v) is 6.27. The number of anilines is 1. The van der Waals surface area contributed by atoms with E-state index in [1.165, 1.54) is 12.1 Å². The summed E-state index contributed by atoms with van der Waals surface area (Å²) in [5, 5.41) is 2.66. The van der Waals surface area contributed by atoms with Crippen molar-refractivity contribution in [3.8, 4) is 0 Å². The first-order valence-electron chi connectivity index (χ1n) is 6.27. The van der Waals surface area contributed by atoms with Crippen LogP contribution in [-0.2, 0) is 10.2 Å². The molecule has 0 unspecified atom stereocenters. The molecule has 4 nitrogen and oxygen atoms in total. The number of carbonyl (C=O) groups excluding carboxylic acids is 1. The number of hydrogen-bond donors (Lipinski definition) is 1. The van der Waals surface area contributed by atoms with E-state index in [0.29, 0.717) is 5.56 Å². The molecule has 0 aliphatic rings. The third-order valence-electron chi connectivity index (χ3n) is 3.13. The van der Waals surface area contributed by atoms with Gasteiger partial charge in [-0.25, -0.2) is 14.4 Å². The lowest BCUT2D eigenvalue weighted by atomic mass is 9.83. The lowest BCUT2D eigenvalue weighted by molar-refractivity contribution is -0.120. The Bertz CT molecular complexity index is 641. The number of nitrogens with one attached hydrogen (secondary N) is 1. The van der Waals surface area contributed by atoms with E-state index in [-0.39, 0.29) is 17.7 Å². The smallest absolute Gasteiger partial charge is 0.236 e. The van der Waals surface area contributed by atoms with Crippen molar-refractivity contribution in [2.24, 2.45) is 0 Å². The van der Waals surface area contributed by atoms with Crippen molar-refractivity contribution in [3.63, 3.8) is 0 Å². The van der Waals surface area contributed by atoms with E-state index >= 15 is 0 Å². The molecule has 1 aromatic heterocycles. The van der Waals surface area contributed by atoms with E-state index in [0.717, 1.165) is 5.69 Å². The number of nitrogens with zero attached hydrogens (tertiary/aromatic N) is 2. The van der Waals surface area contributed by atoms with Crippen LogP contribution in [0.4, 0.5) is 10.3 Å². The molecule has 0 spiro atoms. The summed E-state index contributed by atoms with van der Waals surface area (Å²) < 4.78 is 13.3. The van der Waals surface area contributed by atoms with E-state index in [9.17, 15) is 9.18 Å². The maximum Gasteiger partial charge on any atom is 0.236 e. The second-order valence-electron chi connectivity index (χ2n) is 5.11. The Morgan fingerprint density at radius 2 is 2.05 bits per heavy atom. The van der Waals surface area contributed by atoms with Crippen LogP contribution in [0.3, 0.4) is 0 Å². The summed E-state index contributed by atoms with van der Waals surface area (Å²) in [6, 6.07) is 7.76. The average molecular weight is 273 g/mol. The standard InChI is InChI=1S/C15H16FN3O/c1-10-7-8-17-14(18-10)19-13(20)15(2,3)11-5-4-6-12(16)9-11/h4-9H,1-3H3,(H,17,18,19,20). The number of amides is 1. The molecule has 0 aliphatic heterocycles. The van der Waals surface area contributed by atoms with Gasteiger partial charge in [-0.05, 0) is 44.5 Å². The molecule has 1 N–H and O–H groups in total. The number of aryl methyl sites for hydroxylation is 1. The van der Waals surface area contributed by atoms with Crippen LogP contribution in [0.5, 0.6) is 0 Å². The highest BCUT2D eigenvalue weighted by Crippen LogP contribution is 2.25. The van der Waals surface area contributed by atoms with Gasteiger partial charge >= 0.3 is 0 Å². The fraction of sp³-hybridized carbons (Fsp3) is 0.267. The molecule has 0 aliphatic carbocycles. The molecule has 0 bridgehead atoms. The average Bonchev–Trinajstić information content (AvgIpc) is 2.38. The SMILES string of the molecule is Cc1ccnc(NC(=O)C(C)(C)c2cccc(F)c2)n1. The first-order chi connectivity index (χ1) is 9.39. The van der Waals surface area contributed by atoms with Crippen molar-refractivity contribution in [3.05, 3.63) is 53.6 Å². The second-order valence-corrected chi connectivity index (χ2v) is 5.11. The highest BCUT2D eigenvalue weighted by atomic mass is 19.1. The molecule has 0 saturated heterocycles. The molecule has 2 rings (SSSR count). The molecule has 0 saturated carbocycles. The van der Waals surface area contributed by atoms with Crippen LogP contribution in [0.15, 0.2) is 36.5 Å². The zero-order chi connectivity index (χ0) is 14.8. The van der Waals surface area contributed by atoms with Gasteiger partial charge in [0.25, 0.3) is 0 Å². The van der Waals surface area contributed by atoms with E-state index in [1.54, 1.807) is 38.2 Å². The largest absolute Gasteiger partial charge is 0.294 e. The van der Waals surface area contributed by atoms with Gasteiger partial charge in [-0.3, -0.25) is 10.1 Å². The van der Waals surface area contributed by atoms with Crippen molar-refractivity contribution < 1.29 is 9.18 Å². The predicted molar refractivity (Wildman–Crippen MR) is 74.8 cm³/mol. The fourth-order valence-corrected chi connectivity index (χ4v) is 1.78. The van der Waals surface area contributed by atoms with Gasteiger partial charge in [0, 0.05) is 11.9 Å². The van der Waals surface area contributed by atoms with Crippen LogP contribution in [0, 0.1) is 12.7 Å². The molecule has 0 atom stereocenters. The van der Waals surface area contributed by atoms with Crippen molar-refractivity contribution in [1.29, 1.82) is 0 Å². The Balaban J connectivity index is 2.23. The van der Waals surface area contributed by atoms with E-state index in [1.807, 2.05) is 6.92 Å². The Hall–Kier alpha value is -2.30. The van der Waals surface area contributed by atoms with Crippen molar-refractivity contribution in [2.75, 3.05) is 5.32 Å². The van der Waals surface area contributed by atoms with Crippen LogP contribution in [0.25, 0.3) is 0 Å². The first kappa shape index (κ1) is 14.1. The molecular weight excluding hydrogens is 257 g/mol. The molecule has 1 amide bonds. The van der Waals surface area contributed by atoms with Crippen LogP contribution >= 0.6 is 0 Å². The summed E-state index contributed by atoms with van der Waals surface area (Å²) in [6.07, 6.45) is 1.58. The maximum atomic E-state index is 13.3. The summed E-state index contributed by atoms with van der Waals surface area (Å²) in [7, 11) is 0. The van der Waals surface area contributed by atoms with Gasteiger partial charge in [0.15, 0.2) is 0 Å². The summed E-state index contributed by atoms with van der Waals surface area (Å²) in [6.45, 7) is 5.27. The van der Waals surface area contributed by atoms with Gasteiger partial charge in [-0.2, -0.15) is 0 Å². The zero-order valence-corrected chi connectivity index (χ0v) is 11.6. The Morgan fingerprint density at radius 1 is 1.30 bits per heavy atom. The van der Waals surface area contributed by atoms with E-state index in [2.05, 4.69) is 15.3 Å². The molecule has 0 fully saturated rings. The minimum Gasteiger partial charge on any atom is -0.294 e. The van der Waals surface area contributed by atoms with Gasteiger partial charge in [-0.15, -0.1) is 0 Å². The van der Waals surface area contributed by atoms with Crippen molar-refractivity contribution >= 4 is 11.9 Å². The predicted octanol–water partition coefficient (Wildman–Crippen LogP) is 2.84. The lowest BCUT2D eigenvalue weighted by Gasteiger charge is -2.23. The number of rotatable bonds is 3.